The number of amides is 4. The number of aliphatic hydroxyl groups is 1. The molecule has 1 unspecified atom stereocenters. The van der Waals surface area contributed by atoms with Crippen LogP contribution in [0.1, 0.15) is 57.3 Å². The minimum absolute atomic E-state index is 0.00384. The predicted octanol–water partition coefficient (Wildman–Crippen LogP) is 2.47. The van der Waals surface area contributed by atoms with Crippen LogP contribution in [0.15, 0.2) is 60.8 Å². The van der Waals surface area contributed by atoms with Gasteiger partial charge in [-0.05, 0) is 41.7 Å². The van der Waals surface area contributed by atoms with Crippen molar-refractivity contribution < 1.29 is 75.9 Å². The summed E-state index contributed by atoms with van der Waals surface area (Å²) in [6.45, 7) is 4.98. The molecule has 364 valence electrons. The molecule has 3 rings (SSSR count). The Morgan fingerprint density at radius 1 is 0.818 bits per heavy atom. The Morgan fingerprint density at radius 2 is 1.42 bits per heavy atom. The summed E-state index contributed by atoms with van der Waals surface area (Å²) in [6, 6.07) is 11.1. The summed E-state index contributed by atoms with van der Waals surface area (Å²) in [5, 5.41) is 41.8. The van der Waals surface area contributed by atoms with E-state index in [2.05, 4.69) is 16.0 Å². The number of carbonyl (C=O) groups excluding carboxylic acids is 4. The lowest BCUT2D eigenvalue weighted by Gasteiger charge is -2.41. The van der Waals surface area contributed by atoms with Gasteiger partial charge in [-0.25, -0.2) is 13.6 Å². The summed E-state index contributed by atoms with van der Waals surface area (Å²) in [4.78, 5) is 83.6. The van der Waals surface area contributed by atoms with Gasteiger partial charge in [-0.15, -0.1) is 11.8 Å². The number of alkyl halides is 3. The van der Waals surface area contributed by atoms with Crippen molar-refractivity contribution in [2.75, 3.05) is 38.5 Å². The van der Waals surface area contributed by atoms with Gasteiger partial charge in [0.05, 0.1) is 12.1 Å². The second-order valence-corrected chi connectivity index (χ2v) is 16.9. The SMILES string of the molecule is CC(C)(C)[C@H](c1cc(-c2cc(F)ccc2F)cn1Cc1ccccc1)N(CC[C@H](N)C(=O)NCCC(=O)NCCNC(=O)CC(SC[C@H](N)C(=O)O)C(=O)O)C(=O)CO.O=C(O)C(F)(F)F. The minimum Gasteiger partial charge on any atom is -0.480 e. The highest BCUT2D eigenvalue weighted by atomic mass is 32.2. The molecule has 66 heavy (non-hydrogen) atoms. The predicted molar refractivity (Wildman–Crippen MR) is 230 cm³/mol. The molecule has 18 nitrogen and oxygen atoms in total. The molecule has 11 N–H and O–H groups in total. The van der Waals surface area contributed by atoms with Gasteiger partial charge in [-0.2, -0.15) is 13.2 Å². The minimum atomic E-state index is -5.08. The normalized spacial score (nSPS) is 13.2. The van der Waals surface area contributed by atoms with Crippen LogP contribution < -0.4 is 27.4 Å². The average Bonchev–Trinajstić information content (AvgIpc) is 3.64. The summed E-state index contributed by atoms with van der Waals surface area (Å²) >= 11 is 0.733. The molecule has 0 bridgehead atoms. The van der Waals surface area contributed by atoms with E-state index in [1.165, 1.54) is 4.90 Å². The largest absolute Gasteiger partial charge is 0.490 e. The van der Waals surface area contributed by atoms with Crippen LogP contribution in [-0.2, 0) is 40.1 Å². The summed E-state index contributed by atoms with van der Waals surface area (Å²) in [5.41, 5.74) is 12.8. The zero-order valence-electron chi connectivity index (χ0n) is 36.1. The van der Waals surface area contributed by atoms with E-state index in [1.54, 1.807) is 12.3 Å². The molecule has 0 aliphatic heterocycles. The smallest absolute Gasteiger partial charge is 0.480 e. The van der Waals surface area contributed by atoms with Crippen molar-refractivity contribution in [3.8, 4) is 11.1 Å². The van der Waals surface area contributed by atoms with Crippen LogP contribution in [0, 0.1) is 17.0 Å². The van der Waals surface area contributed by atoms with Crippen molar-refractivity contribution in [1.29, 1.82) is 0 Å². The van der Waals surface area contributed by atoms with Gasteiger partial charge < -0.3 is 57.3 Å². The highest BCUT2D eigenvalue weighted by molar-refractivity contribution is 8.00. The average molecular weight is 960 g/mol. The number of nitrogens with one attached hydrogen (secondary N) is 3. The molecular weight excluding hydrogens is 906 g/mol. The Kier molecular flexibility index (Phi) is 22.2. The number of aromatic nitrogens is 1. The number of halogens is 5. The molecule has 1 aromatic heterocycles. The lowest BCUT2D eigenvalue weighted by Crippen LogP contribution is -2.48. The van der Waals surface area contributed by atoms with Crippen molar-refractivity contribution >= 4 is 53.3 Å². The fourth-order valence-corrected chi connectivity index (χ4v) is 7.18. The van der Waals surface area contributed by atoms with E-state index < -0.39 is 101 Å². The van der Waals surface area contributed by atoms with Gasteiger partial charge >= 0.3 is 24.1 Å². The van der Waals surface area contributed by atoms with E-state index in [0.717, 1.165) is 35.5 Å². The molecule has 0 aliphatic carbocycles. The van der Waals surface area contributed by atoms with E-state index in [0.29, 0.717) is 17.8 Å². The highest BCUT2D eigenvalue weighted by Crippen LogP contribution is 2.41. The van der Waals surface area contributed by atoms with Gasteiger partial charge in [0.25, 0.3) is 0 Å². The van der Waals surface area contributed by atoms with E-state index in [4.69, 9.17) is 26.5 Å². The van der Waals surface area contributed by atoms with Crippen LogP contribution in [0.5, 0.6) is 0 Å². The molecule has 0 saturated heterocycles. The topological polar surface area (TPSA) is 297 Å². The van der Waals surface area contributed by atoms with Gasteiger partial charge in [-0.1, -0.05) is 51.1 Å². The summed E-state index contributed by atoms with van der Waals surface area (Å²) in [5.74, 6) is -9.13. The Bertz CT molecular complexity index is 2140. The highest BCUT2D eigenvalue weighted by Gasteiger charge is 2.39. The number of carboxylic acids is 3. The van der Waals surface area contributed by atoms with Crippen LogP contribution in [-0.4, -0.2) is 133 Å². The van der Waals surface area contributed by atoms with Crippen molar-refractivity contribution in [1.82, 2.24) is 25.4 Å². The number of carbonyl (C=O) groups is 7. The number of rotatable bonds is 23. The maximum absolute atomic E-state index is 15.0. The van der Waals surface area contributed by atoms with E-state index in [9.17, 15) is 56.5 Å². The van der Waals surface area contributed by atoms with Gasteiger partial charge in [0.1, 0.15) is 29.5 Å². The molecule has 2 aromatic carbocycles. The number of hydrogen-bond donors (Lipinski definition) is 9. The van der Waals surface area contributed by atoms with Gasteiger partial charge in [0.2, 0.25) is 23.6 Å². The van der Waals surface area contributed by atoms with E-state index in [-0.39, 0.29) is 50.3 Å². The maximum atomic E-state index is 15.0. The van der Waals surface area contributed by atoms with Gasteiger partial charge in [0, 0.05) is 74.3 Å². The number of nitrogens with two attached hydrogens (primary N) is 2. The molecule has 3 aromatic rings. The standard InChI is InChI=1S/C40H53F2N7O9S.C2HF3O2/c1-40(2,3)36(31-17-25(27-18-26(41)9-10-28(27)42)21-48(31)20-24-7-5-4-6-8-24)49(35(53)22-50)16-12-29(43)37(54)47-13-11-33(51)45-14-15-46-34(52)19-32(39(57)58)59-23-30(44)38(55)56;3-2(4,5)1(6)7/h4-10,17-18,21,29-30,32,36,50H,11-16,19-20,22-23,43-44H2,1-3H3,(H,45,51)(H,46,52)(H,47,54)(H,55,56)(H,57,58);(H,6,7)/t29-,30-,32?,36-;/m0./s1. The Morgan fingerprint density at radius 3 is 1.97 bits per heavy atom. The van der Waals surface area contributed by atoms with Crippen molar-refractivity contribution in [3.05, 3.63) is 83.7 Å². The first-order valence-corrected chi connectivity index (χ1v) is 21.1. The third-order valence-electron chi connectivity index (χ3n) is 9.35. The summed E-state index contributed by atoms with van der Waals surface area (Å²) in [6.07, 6.45) is -4.00. The number of carboxylic acid groups (broad SMARTS) is 3. The van der Waals surface area contributed by atoms with Crippen LogP contribution in [0.3, 0.4) is 0 Å². The molecule has 0 fully saturated rings. The third kappa shape index (κ3) is 18.8. The van der Waals surface area contributed by atoms with Crippen LogP contribution in [0.2, 0.25) is 0 Å². The molecule has 0 spiro atoms. The third-order valence-corrected chi connectivity index (χ3v) is 10.7. The first kappa shape index (κ1) is 56.0. The Labute approximate surface area is 380 Å². The van der Waals surface area contributed by atoms with E-state index in [1.807, 2.05) is 55.7 Å². The first-order chi connectivity index (χ1) is 30.8. The number of hydrogen-bond acceptors (Lipinski definition) is 11. The fraction of sp³-hybridized carbons (Fsp3) is 0.452. The van der Waals surface area contributed by atoms with Crippen LogP contribution >= 0.6 is 11.8 Å². The molecule has 4 amide bonds. The number of benzene rings is 2. The van der Waals surface area contributed by atoms with Crippen LogP contribution in [0.25, 0.3) is 11.1 Å². The van der Waals surface area contributed by atoms with Crippen molar-refractivity contribution in [2.45, 2.75) is 76.1 Å². The van der Waals surface area contributed by atoms with Gasteiger partial charge in [0.15, 0.2) is 0 Å². The monoisotopic (exact) mass is 959 g/mol. The molecule has 0 radical (unpaired) electrons. The number of aliphatic hydroxyl groups excluding tert-OH is 1. The Balaban J connectivity index is 0.00000197. The second kappa shape index (κ2) is 26.1. The van der Waals surface area contributed by atoms with E-state index >= 15 is 4.39 Å². The molecule has 0 aliphatic rings. The zero-order valence-corrected chi connectivity index (χ0v) is 37.0. The van der Waals surface area contributed by atoms with Crippen molar-refractivity contribution in [3.63, 3.8) is 0 Å². The fourth-order valence-electron chi connectivity index (χ4n) is 6.18. The Hall–Kier alpha value is -6.11. The van der Waals surface area contributed by atoms with Gasteiger partial charge in [-0.3, -0.25) is 28.8 Å². The molecular formula is C42H54F5N7O11S. The zero-order chi connectivity index (χ0) is 49.9. The second-order valence-electron chi connectivity index (χ2n) is 15.7. The molecule has 0 saturated carbocycles. The number of nitrogens with zero attached hydrogens (tertiary/aromatic N) is 2. The first-order valence-electron chi connectivity index (χ1n) is 20.1. The maximum Gasteiger partial charge on any atom is 0.490 e. The lowest BCUT2D eigenvalue weighted by molar-refractivity contribution is -0.192. The lowest BCUT2D eigenvalue weighted by atomic mass is 9.82. The quantitative estimate of drug-likeness (QED) is 0.0488. The van der Waals surface area contributed by atoms with Crippen molar-refractivity contribution in [2.24, 2.45) is 16.9 Å². The van der Waals surface area contributed by atoms with Crippen LogP contribution in [0.4, 0.5) is 22.0 Å². The molecule has 1 heterocycles. The molecule has 24 heteroatoms. The molecule has 4 atom stereocenters. The number of thioether (sulfide) groups is 1. The summed E-state index contributed by atoms with van der Waals surface area (Å²) in [7, 11) is 0. The number of aliphatic carboxylic acids is 3. The summed E-state index contributed by atoms with van der Waals surface area (Å²) < 4.78 is 62.9.